The first-order chi connectivity index (χ1) is 14.9. The Morgan fingerprint density at radius 3 is 2.45 bits per heavy atom. The number of nitrogens with zero attached hydrogens (tertiary/aromatic N) is 1. The van der Waals surface area contributed by atoms with Crippen molar-refractivity contribution in [1.29, 1.82) is 0 Å². The summed E-state index contributed by atoms with van der Waals surface area (Å²) in [6.07, 6.45) is 1.63. The van der Waals surface area contributed by atoms with E-state index in [0.29, 0.717) is 54.8 Å². The van der Waals surface area contributed by atoms with Gasteiger partial charge in [0, 0.05) is 24.8 Å². The van der Waals surface area contributed by atoms with E-state index in [9.17, 15) is 14.0 Å². The van der Waals surface area contributed by atoms with Crippen LogP contribution in [0, 0.1) is 5.82 Å². The fourth-order valence-electron chi connectivity index (χ4n) is 3.90. The summed E-state index contributed by atoms with van der Waals surface area (Å²) in [5.74, 6) is -0.884. The molecule has 2 amide bonds. The van der Waals surface area contributed by atoms with E-state index in [-0.39, 0.29) is 24.2 Å². The van der Waals surface area contributed by atoms with E-state index in [0.717, 1.165) is 5.56 Å². The van der Waals surface area contributed by atoms with Gasteiger partial charge in [-0.25, -0.2) is 4.39 Å². The van der Waals surface area contributed by atoms with Crippen molar-refractivity contribution in [2.45, 2.75) is 31.6 Å². The van der Waals surface area contributed by atoms with Gasteiger partial charge in [0.2, 0.25) is 11.8 Å². The molecule has 0 aliphatic carbocycles. The summed E-state index contributed by atoms with van der Waals surface area (Å²) in [4.78, 5) is 28.1. The van der Waals surface area contributed by atoms with Gasteiger partial charge in [0.05, 0.1) is 22.7 Å². The largest absolute Gasteiger partial charge is 0.381 e. The molecule has 1 saturated heterocycles. The maximum atomic E-state index is 13.8. The smallest absolute Gasteiger partial charge is 0.244 e. The molecule has 0 atom stereocenters. The number of amides is 2. The van der Waals surface area contributed by atoms with Gasteiger partial charge in [0.15, 0.2) is 0 Å². The van der Waals surface area contributed by atoms with E-state index in [1.54, 1.807) is 35.2 Å². The third-order valence-electron chi connectivity index (χ3n) is 5.47. The minimum absolute atomic E-state index is 0.126. The van der Waals surface area contributed by atoms with Crippen molar-refractivity contribution < 1.29 is 18.7 Å². The molecule has 0 aromatic heterocycles. The van der Waals surface area contributed by atoms with Crippen LogP contribution >= 0.6 is 23.2 Å². The van der Waals surface area contributed by atoms with Crippen LogP contribution in [0.3, 0.4) is 0 Å². The van der Waals surface area contributed by atoms with Crippen molar-refractivity contribution in [1.82, 2.24) is 4.90 Å². The van der Waals surface area contributed by atoms with Crippen LogP contribution in [0.15, 0.2) is 42.5 Å². The highest BCUT2D eigenvalue weighted by Gasteiger charge is 2.44. The van der Waals surface area contributed by atoms with Crippen LogP contribution in [-0.2, 0) is 19.7 Å². The predicted molar refractivity (Wildman–Crippen MR) is 120 cm³/mol. The number of hydrogen-bond donors (Lipinski definition) is 1. The summed E-state index contributed by atoms with van der Waals surface area (Å²) in [7, 11) is 0. The first kappa shape index (κ1) is 23.5. The average Bonchev–Trinajstić information content (AvgIpc) is 2.76. The predicted octanol–water partition coefficient (Wildman–Crippen LogP) is 5.06. The summed E-state index contributed by atoms with van der Waals surface area (Å²) in [5, 5.41) is 3.54. The Labute approximate surface area is 191 Å². The average molecular weight is 467 g/mol. The van der Waals surface area contributed by atoms with Gasteiger partial charge in [0.1, 0.15) is 5.82 Å². The van der Waals surface area contributed by atoms with Crippen molar-refractivity contribution in [2.24, 2.45) is 0 Å². The fraction of sp³-hybridized carbons (Fsp3) is 0.391. The zero-order valence-electron chi connectivity index (χ0n) is 17.3. The molecule has 3 rings (SSSR count). The van der Waals surface area contributed by atoms with Crippen LogP contribution < -0.4 is 5.32 Å². The third-order valence-corrected chi connectivity index (χ3v) is 6.03. The molecule has 0 saturated carbocycles. The lowest BCUT2D eigenvalue weighted by Gasteiger charge is -2.40. The lowest BCUT2D eigenvalue weighted by molar-refractivity contribution is -0.143. The number of carbonyl (C=O) groups is 2. The second-order valence-corrected chi connectivity index (χ2v) is 8.44. The van der Waals surface area contributed by atoms with Crippen molar-refractivity contribution >= 4 is 40.7 Å². The Morgan fingerprint density at radius 1 is 1.13 bits per heavy atom. The molecule has 1 N–H and O–H groups in total. The molecule has 0 radical (unpaired) electrons. The normalized spacial score (nSPS) is 15.4. The molecule has 0 unspecified atom stereocenters. The third kappa shape index (κ3) is 5.56. The van der Waals surface area contributed by atoms with Crippen LogP contribution in [0.2, 0.25) is 10.0 Å². The van der Waals surface area contributed by atoms with E-state index in [1.807, 2.05) is 6.92 Å². The van der Waals surface area contributed by atoms with E-state index in [1.165, 1.54) is 12.1 Å². The van der Waals surface area contributed by atoms with Gasteiger partial charge in [0.25, 0.3) is 0 Å². The zero-order chi connectivity index (χ0) is 22.4. The maximum absolute atomic E-state index is 13.8. The van der Waals surface area contributed by atoms with E-state index < -0.39 is 5.41 Å². The molecule has 1 heterocycles. The molecule has 5 nitrogen and oxygen atoms in total. The Balaban J connectivity index is 1.84. The van der Waals surface area contributed by atoms with Crippen molar-refractivity contribution in [2.75, 3.05) is 31.6 Å². The highest BCUT2D eigenvalue weighted by molar-refractivity contribution is 6.35. The number of benzene rings is 2. The number of ether oxygens (including phenoxy) is 1. The Hall–Kier alpha value is -2.15. The van der Waals surface area contributed by atoms with Gasteiger partial charge < -0.3 is 15.0 Å². The topological polar surface area (TPSA) is 58.6 Å². The summed E-state index contributed by atoms with van der Waals surface area (Å²) in [6, 6.07) is 10.8. The van der Waals surface area contributed by atoms with E-state index in [4.69, 9.17) is 27.9 Å². The second kappa shape index (κ2) is 10.4. The zero-order valence-corrected chi connectivity index (χ0v) is 18.8. The van der Waals surface area contributed by atoms with Gasteiger partial charge in [-0.05, 0) is 55.2 Å². The molecule has 1 aliphatic heterocycles. The molecule has 2 aromatic carbocycles. The molecule has 31 heavy (non-hydrogen) atoms. The van der Waals surface area contributed by atoms with Gasteiger partial charge in [-0.3, -0.25) is 9.59 Å². The van der Waals surface area contributed by atoms with E-state index >= 15 is 0 Å². The number of halogens is 3. The fourth-order valence-corrected chi connectivity index (χ4v) is 4.23. The Bertz CT molecular complexity index is 931. The first-order valence-corrected chi connectivity index (χ1v) is 11.0. The number of rotatable bonds is 7. The molecule has 1 aliphatic rings. The maximum Gasteiger partial charge on any atom is 0.244 e. The monoisotopic (exact) mass is 466 g/mol. The lowest BCUT2D eigenvalue weighted by Crippen LogP contribution is -2.52. The van der Waals surface area contributed by atoms with Gasteiger partial charge in [-0.2, -0.15) is 0 Å². The molecule has 166 valence electrons. The summed E-state index contributed by atoms with van der Waals surface area (Å²) < 4.78 is 19.0. The standard InChI is InChI=1S/C23H25Cl2FN2O3/c1-2-11-28(15-21(29)27-20-14-17(24)5-8-19(20)25)22(30)23(9-12-31-13-10-23)16-3-6-18(26)7-4-16/h3-8,14H,2,9-13,15H2,1H3,(H,27,29). The van der Waals surface area contributed by atoms with Crippen molar-refractivity contribution in [3.63, 3.8) is 0 Å². The van der Waals surface area contributed by atoms with Crippen LogP contribution in [0.1, 0.15) is 31.7 Å². The van der Waals surface area contributed by atoms with Gasteiger partial charge in [-0.15, -0.1) is 0 Å². The van der Waals surface area contributed by atoms with E-state index in [2.05, 4.69) is 5.32 Å². The molecule has 1 fully saturated rings. The van der Waals surface area contributed by atoms with Gasteiger partial charge in [-0.1, -0.05) is 42.3 Å². The SMILES string of the molecule is CCCN(CC(=O)Nc1cc(Cl)ccc1Cl)C(=O)C1(c2ccc(F)cc2)CCOCC1. The molecular formula is C23H25Cl2FN2O3. The van der Waals surface area contributed by atoms with Gasteiger partial charge >= 0.3 is 0 Å². The summed E-state index contributed by atoms with van der Waals surface area (Å²) in [6.45, 7) is 3.08. The van der Waals surface area contributed by atoms with Crippen molar-refractivity contribution in [3.8, 4) is 0 Å². The minimum atomic E-state index is -0.852. The second-order valence-electron chi connectivity index (χ2n) is 7.60. The first-order valence-electron chi connectivity index (χ1n) is 10.2. The number of hydrogen-bond acceptors (Lipinski definition) is 3. The Morgan fingerprint density at radius 2 is 1.81 bits per heavy atom. The summed E-state index contributed by atoms with van der Waals surface area (Å²) >= 11 is 12.1. The lowest BCUT2D eigenvalue weighted by atomic mass is 9.73. The van der Waals surface area contributed by atoms with Crippen molar-refractivity contribution in [3.05, 3.63) is 63.9 Å². The molecule has 2 aromatic rings. The van der Waals surface area contributed by atoms with Crippen LogP contribution in [0.5, 0.6) is 0 Å². The molecular weight excluding hydrogens is 442 g/mol. The molecule has 0 bridgehead atoms. The number of anilines is 1. The highest BCUT2D eigenvalue weighted by atomic mass is 35.5. The Kier molecular flexibility index (Phi) is 7.92. The van der Waals surface area contributed by atoms with Crippen LogP contribution in [0.25, 0.3) is 0 Å². The highest BCUT2D eigenvalue weighted by Crippen LogP contribution is 2.37. The number of carbonyl (C=O) groups excluding carboxylic acids is 2. The number of nitrogens with one attached hydrogen (secondary N) is 1. The quantitative estimate of drug-likeness (QED) is 0.620. The summed E-state index contributed by atoms with van der Waals surface area (Å²) in [5.41, 5.74) is 0.277. The minimum Gasteiger partial charge on any atom is -0.381 e. The van der Waals surface area contributed by atoms with Crippen LogP contribution in [0.4, 0.5) is 10.1 Å². The van der Waals surface area contributed by atoms with Crippen LogP contribution in [-0.4, -0.2) is 43.0 Å². The molecule has 0 spiro atoms. The molecule has 8 heteroatoms.